The van der Waals surface area contributed by atoms with E-state index in [4.69, 9.17) is 5.73 Å². The third kappa shape index (κ3) is 4.00. The van der Waals surface area contributed by atoms with E-state index < -0.39 is 0 Å². The lowest BCUT2D eigenvalue weighted by Crippen LogP contribution is -2.48. The van der Waals surface area contributed by atoms with Gasteiger partial charge in [0, 0.05) is 38.0 Å². The van der Waals surface area contributed by atoms with Crippen LogP contribution in [0, 0.1) is 5.92 Å². The van der Waals surface area contributed by atoms with Crippen molar-refractivity contribution < 1.29 is 9.59 Å². The molecule has 3 N–H and O–H groups in total. The number of hydrogen-bond acceptors (Lipinski definition) is 3. The number of nitrogens with one attached hydrogen (secondary N) is 1. The third-order valence-electron chi connectivity index (χ3n) is 3.27. The smallest absolute Gasteiger partial charge is 0.226 e. The van der Waals surface area contributed by atoms with Crippen molar-refractivity contribution in [1.82, 2.24) is 10.2 Å². The van der Waals surface area contributed by atoms with Gasteiger partial charge in [-0.3, -0.25) is 9.59 Å². The second kappa shape index (κ2) is 6.59. The first kappa shape index (κ1) is 14.0. The number of nitrogens with zero attached hydrogens (tertiary/aromatic N) is 1. The number of hydrogen-bond donors (Lipinski definition) is 2. The predicted molar refractivity (Wildman–Crippen MR) is 66.3 cm³/mol. The average Bonchev–Trinajstić information content (AvgIpc) is 2.37. The van der Waals surface area contributed by atoms with Gasteiger partial charge in [0.2, 0.25) is 11.8 Å². The lowest BCUT2D eigenvalue weighted by molar-refractivity contribution is -0.135. The van der Waals surface area contributed by atoms with Crippen molar-refractivity contribution in [2.24, 2.45) is 11.7 Å². The molecule has 0 radical (unpaired) electrons. The molecule has 0 saturated carbocycles. The van der Waals surface area contributed by atoms with Crippen LogP contribution >= 0.6 is 0 Å². The third-order valence-corrected chi connectivity index (χ3v) is 3.27. The highest BCUT2D eigenvalue weighted by molar-refractivity contribution is 5.79. The molecule has 0 aromatic carbocycles. The molecule has 5 nitrogen and oxygen atoms in total. The molecule has 17 heavy (non-hydrogen) atoms. The van der Waals surface area contributed by atoms with Gasteiger partial charge in [-0.25, -0.2) is 0 Å². The van der Waals surface area contributed by atoms with Crippen LogP contribution in [0.3, 0.4) is 0 Å². The normalized spacial score (nSPS) is 18.9. The molecule has 0 aliphatic carbocycles. The number of piperidine rings is 1. The monoisotopic (exact) mass is 241 g/mol. The van der Waals surface area contributed by atoms with Gasteiger partial charge in [-0.2, -0.15) is 0 Å². The van der Waals surface area contributed by atoms with Gasteiger partial charge in [-0.05, 0) is 12.8 Å². The van der Waals surface area contributed by atoms with Gasteiger partial charge < -0.3 is 16.0 Å². The standard InChI is InChI=1S/C12H23N3O2/c1-3-11(16)14-10-4-6-15(7-5-10)12(17)9(2)8-13/h9-10H,3-8,13H2,1-2H3,(H,14,16). The molecule has 1 saturated heterocycles. The summed E-state index contributed by atoms with van der Waals surface area (Å²) in [6.45, 7) is 5.53. The van der Waals surface area contributed by atoms with Gasteiger partial charge in [0.05, 0.1) is 0 Å². The molecule has 1 unspecified atom stereocenters. The Morgan fingerprint density at radius 1 is 1.41 bits per heavy atom. The van der Waals surface area contributed by atoms with Gasteiger partial charge in [-0.1, -0.05) is 13.8 Å². The molecule has 1 rings (SSSR count). The zero-order valence-electron chi connectivity index (χ0n) is 10.7. The number of rotatable bonds is 4. The van der Waals surface area contributed by atoms with Crippen LogP contribution < -0.4 is 11.1 Å². The van der Waals surface area contributed by atoms with Crippen molar-refractivity contribution in [3.63, 3.8) is 0 Å². The summed E-state index contributed by atoms with van der Waals surface area (Å²) in [5.74, 6) is 0.120. The summed E-state index contributed by atoms with van der Waals surface area (Å²) in [6.07, 6.45) is 2.20. The van der Waals surface area contributed by atoms with Crippen molar-refractivity contribution in [2.45, 2.75) is 39.2 Å². The van der Waals surface area contributed by atoms with E-state index in [9.17, 15) is 9.59 Å². The lowest BCUT2D eigenvalue weighted by Gasteiger charge is -2.33. The van der Waals surface area contributed by atoms with E-state index in [1.165, 1.54) is 0 Å². The first-order valence-corrected chi connectivity index (χ1v) is 6.36. The van der Waals surface area contributed by atoms with Crippen LogP contribution in [0.4, 0.5) is 0 Å². The molecule has 5 heteroatoms. The fraction of sp³-hybridized carbons (Fsp3) is 0.833. The summed E-state index contributed by atoms with van der Waals surface area (Å²) in [5.41, 5.74) is 5.49. The van der Waals surface area contributed by atoms with Crippen LogP contribution in [0.2, 0.25) is 0 Å². The molecule has 0 aromatic rings. The number of carbonyl (C=O) groups excluding carboxylic acids is 2. The second-order valence-corrected chi connectivity index (χ2v) is 4.66. The molecule has 98 valence electrons. The Kier molecular flexibility index (Phi) is 5.41. The number of carbonyl (C=O) groups is 2. The van der Waals surface area contributed by atoms with Crippen LogP contribution in [0.1, 0.15) is 33.1 Å². The molecule has 1 heterocycles. The van der Waals surface area contributed by atoms with E-state index in [2.05, 4.69) is 5.32 Å². The van der Waals surface area contributed by atoms with E-state index in [1.807, 2.05) is 18.7 Å². The van der Waals surface area contributed by atoms with Gasteiger partial charge >= 0.3 is 0 Å². The summed E-state index contributed by atoms with van der Waals surface area (Å²) in [5, 5.41) is 2.97. The summed E-state index contributed by atoms with van der Waals surface area (Å²) in [7, 11) is 0. The fourth-order valence-corrected chi connectivity index (χ4v) is 1.99. The maximum Gasteiger partial charge on any atom is 0.226 e. The van der Waals surface area contributed by atoms with Crippen LogP contribution in [-0.4, -0.2) is 42.4 Å². The van der Waals surface area contributed by atoms with E-state index in [-0.39, 0.29) is 23.8 Å². The molecule has 0 bridgehead atoms. The molecular weight excluding hydrogens is 218 g/mol. The van der Waals surface area contributed by atoms with Crippen molar-refractivity contribution in [2.75, 3.05) is 19.6 Å². The number of nitrogens with two attached hydrogens (primary N) is 1. The molecular formula is C12H23N3O2. The molecule has 1 aliphatic rings. The minimum Gasteiger partial charge on any atom is -0.353 e. The maximum absolute atomic E-state index is 11.9. The van der Waals surface area contributed by atoms with Crippen molar-refractivity contribution in [1.29, 1.82) is 0 Å². The van der Waals surface area contributed by atoms with Crippen LogP contribution in [0.5, 0.6) is 0 Å². The van der Waals surface area contributed by atoms with Gasteiger partial charge in [0.15, 0.2) is 0 Å². The van der Waals surface area contributed by atoms with E-state index in [0.29, 0.717) is 13.0 Å². The minimum atomic E-state index is -0.100. The second-order valence-electron chi connectivity index (χ2n) is 4.66. The average molecular weight is 241 g/mol. The fourth-order valence-electron chi connectivity index (χ4n) is 1.99. The number of likely N-dealkylation sites (tertiary alicyclic amines) is 1. The Bertz CT molecular complexity index is 273. The Balaban J connectivity index is 2.35. The highest BCUT2D eigenvalue weighted by Crippen LogP contribution is 2.13. The summed E-state index contributed by atoms with van der Waals surface area (Å²) < 4.78 is 0. The maximum atomic E-state index is 11.9. The van der Waals surface area contributed by atoms with Crippen molar-refractivity contribution in [3.05, 3.63) is 0 Å². The van der Waals surface area contributed by atoms with Crippen LogP contribution in [0.25, 0.3) is 0 Å². The van der Waals surface area contributed by atoms with E-state index in [1.54, 1.807) is 0 Å². The molecule has 1 aliphatic heterocycles. The Morgan fingerprint density at radius 2 is 2.00 bits per heavy atom. The summed E-state index contributed by atoms with van der Waals surface area (Å²) >= 11 is 0. The van der Waals surface area contributed by atoms with Gasteiger partial charge in [0.1, 0.15) is 0 Å². The quantitative estimate of drug-likeness (QED) is 0.733. The zero-order chi connectivity index (χ0) is 12.8. The van der Waals surface area contributed by atoms with Crippen LogP contribution in [0.15, 0.2) is 0 Å². The molecule has 0 spiro atoms. The minimum absolute atomic E-state index is 0.0881. The van der Waals surface area contributed by atoms with Gasteiger partial charge in [-0.15, -0.1) is 0 Å². The largest absolute Gasteiger partial charge is 0.353 e. The number of amides is 2. The summed E-state index contributed by atoms with van der Waals surface area (Å²) in [6, 6.07) is 0.222. The Morgan fingerprint density at radius 3 is 2.47 bits per heavy atom. The van der Waals surface area contributed by atoms with Crippen molar-refractivity contribution in [3.8, 4) is 0 Å². The van der Waals surface area contributed by atoms with E-state index >= 15 is 0 Å². The molecule has 2 amide bonds. The van der Waals surface area contributed by atoms with Gasteiger partial charge in [0.25, 0.3) is 0 Å². The Labute approximate surface area is 103 Å². The Hall–Kier alpha value is -1.10. The predicted octanol–water partition coefficient (Wildman–Crippen LogP) is 0.0984. The molecule has 1 fully saturated rings. The zero-order valence-corrected chi connectivity index (χ0v) is 10.7. The SMILES string of the molecule is CCC(=O)NC1CCN(C(=O)C(C)CN)CC1. The van der Waals surface area contributed by atoms with Crippen LogP contribution in [-0.2, 0) is 9.59 Å². The van der Waals surface area contributed by atoms with Crippen molar-refractivity contribution >= 4 is 11.8 Å². The molecule has 0 aromatic heterocycles. The summed E-state index contributed by atoms with van der Waals surface area (Å²) in [4.78, 5) is 25.0. The first-order valence-electron chi connectivity index (χ1n) is 6.36. The highest BCUT2D eigenvalue weighted by atomic mass is 16.2. The van der Waals surface area contributed by atoms with E-state index in [0.717, 1.165) is 25.9 Å². The lowest BCUT2D eigenvalue weighted by atomic mass is 10.0. The highest BCUT2D eigenvalue weighted by Gasteiger charge is 2.25. The molecule has 1 atom stereocenters. The topological polar surface area (TPSA) is 75.4 Å². The first-order chi connectivity index (χ1) is 8.08.